The van der Waals surface area contributed by atoms with Crippen molar-refractivity contribution in [3.63, 3.8) is 0 Å². The second kappa shape index (κ2) is 7.02. The van der Waals surface area contributed by atoms with Crippen LogP contribution in [0.2, 0.25) is 0 Å². The van der Waals surface area contributed by atoms with Crippen molar-refractivity contribution >= 4 is 15.7 Å². The van der Waals surface area contributed by atoms with Crippen LogP contribution < -0.4 is 10.6 Å². The average molecular weight is 312 g/mol. The van der Waals surface area contributed by atoms with Crippen molar-refractivity contribution in [2.75, 3.05) is 24.7 Å². The average Bonchev–Trinajstić information content (AvgIpc) is 2.44. The molecule has 1 heterocycles. The molecule has 7 heteroatoms. The Morgan fingerprint density at radius 3 is 2.71 bits per heavy atom. The van der Waals surface area contributed by atoms with Gasteiger partial charge in [-0.2, -0.15) is 0 Å². The van der Waals surface area contributed by atoms with Crippen molar-refractivity contribution in [2.45, 2.75) is 18.5 Å². The van der Waals surface area contributed by atoms with E-state index >= 15 is 0 Å². The SMILES string of the molecule is O=C(CC1CS(=O)(=O)CCN1)NC(CO)c1ccccc1. The predicted molar refractivity (Wildman–Crippen MR) is 79.5 cm³/mol. The first-order valence-electron chi connectivity index (χ1n) is 6.89. The first kappa shape index (κ1) is 15.9. The molecule has 1 amide bonds. The highest BCUT2D eigenvalue weighted by Gasteiger charge is 2.26. The number of sulfone groups is 1. The summed E-state index contributed by atoms with van der Waals surface area (Å²) in [4.78, 5) is 12.0. The molecule has 0 aromatic heterocycles. The molecule has 1 fully saturated rings. The number of hydrogen-bond donors (Lipinski definition) is 3. The standard InChI is InChI=1S/C14H20N2O4S/c17-9-13(11-4-2-1-3-5-11)16-14(18)8-12-10-21(19,20)7-6-15-12/h1-5,12-13,15,17H,6-10H2,(H,16,18). The van der Waals surface area contributed by atoms with Gasteiger partial charge in [-0.15, -0.1) is 0 Å². The fraction of sp³-hybridized carbons (Fsp3) is 0.500. The Hall–Kier alpha value is -1.44. The molecule has 6 nitrogen and oxygen atoms in total. The topological polar surface area (TPSA) is 95.5 Å². The van der Waals surface area contributed by atoms with Crippen LogP contribution in [-0.4, -0.2) is 50.1 Å². The zero-order valence-corrected chi connectivity index (χ0v) is 12.5. The third-order valence-corrected chi connectivity index (χ3v) is 5.19. The summed E-state index contributed by atoms with van der Waals surface area (Å²) in [6.07, 6.45) is 0.0859. The van der Waals surface area contributed by atoms with Crippen molar-refractivity contribution in [1.29, 1.82) is 0 Å². The van der Waals surface area contributed by atoms with Gasteiger partial charge in [0.15, 0.2) is 9.84 Å². The molecule has 2 atom stereocenters. The molecular formula is C14H20N2O4S. The van der Waals surface area contributed by atoms with Crippen molar-refractivity contribution in [1.82, 2.24) is 10.6 Å². The third kappa shape index (κ3) is 4.80. The number of carbonyl (C=O) groups excluding carboxylic acids is 1. The molecule has 2 rings (SSSR count). The molecule has 2 unspecified atom stereocenters. The van der Waals surface area contributed by atoms with E-state index in [1.807, 2.05) is 30.3 Å². The normalized spacial score (nSPS) is 22.4. The molecule has 0 bridgehead atoms. The van der Waals surface area contributed by atoms with E-state index in [2.05, 4.69) is 10.6 Å². The van der Waals surface area contributed by atoms with Gasteiger partial charge in [0.2, 0.25) is 5.91 Å². The molecule has 1 aliphatic heterocycles. The van der Waals surface area contributed by atoms with Crippen LogP contribution in [0.4, 0.5) is 0 Å². The van der Waals surface area contributed by atoms with Crippen LogP contribution in [0.25, 0.3) is 0 Å². The summed E-state index contributed by atoms with van der Waals surface area (Å²) in [6, 6.07) is 8.34. The zero-order chi connectivity index (χ0) is 15.3. The van der Waals surface area contributed by atoms with Gasteiger partial charge in [0.05, 0.1) is 24.2 Å². The highest BCUT2D eigenvalue weighted by molar-refractivity contribution is 7.91. The number of rotatable bonds is 5. The minimum absolute atomic E-state index is 0.0183. The molecule has 0 radical (unpaired) electrons. The van der Waals surface area contributed by atoms with Crippen LogP contribution >= 0.6 is 0 Å². The Bertz CT molecular complexity index is 574. The van der Waals surface area contributed by atoms with Crippen molar-refractivity contribution in [3.05, 3.63) is 35.9 Å². The van der Waals surface area contributed by atoms with Crippen molar-refractivity contribution in [2.24, 2.45) is 0 Å². The predicted octanol–water partition coefficient (Wildman–Crippen LogP) is -0.387. The van der Waals surface area contributed by atoms with Gasteiger partial charge in [-0.05, 0) is 5.56 Å². The zero-order valence-electron chi connectivity index (χ0n) is 11.7. The number of aliphatic hydroxyl groups excluding tert-OH is 1. The molecule has 1 aromatic rings. The first-order valence-corrected chi connectivity index (χ1v) is 8.71. The molecular weight excluding hydrogens is 292 g/mol. The molecule has 0 saturated carbocycles. The van der Waals surface area contributed by atoms with E-state index in [1.54, 1.807) is 0 Å². The summed E-state index contributed by atoms with van der Waals surface area (Å²) < 4.78 is 23.1. The Morgan fingerprint density at radius 1 is 1.38 bits per heavy atom. The summed E-state index contributed by atoms with van der Waals surface area (Å²) in [7, 11) is -3.06. The van der Waals surface area contributed by atoms with Gasteiger partial charge < -0.3 is 15.7 Å². The maximum Gasteiger partial charge on any atom is 0.222 e. The maximum atomic E-state index is 12.0. The van der Waals surface area contributed by atoms with Crippen LogP contribution in [0.1, 0.15) is 18.0 Å². The van der Waals surface area contributed by atoms with E-state index in [-0.39, 0.29) is 36.5 Å². The molecule has 1 aromatic carbocycles. The molecule has 21 heavy (non-hydrogen) atoms. The summed E-state index contributed by atoms with van der Waals surface area (Å²) in [5.41, 5.74) is 0.817. The lowest BCUT2D eigenvalue weighted by Gasteiger charge is -2.24. The van der Waals surface area contributed by atoms with E-state index in [1.165, 1.54) is 0 Å². The second-order valence-corrected chi connectivity index (χ2v) is 7.41. The lowest BCUT2D eigenvalue weighted by molar-refractivity contribution is -0.122. The minimum atomic E-state index is -3.06. The molecule has 0 aliphatic carbocycles. The molecule has 1 aliphatic rings. The Kier molecular flexibility index (Phi) is 5.33. The maximum absolute atomic E-state index is 12.0. The smallest absolute Gasteiger partial charge is 0.222 e. The summed E-state index contributed by atoms with van der Waals surface area (Å²) in [5.74, 6) is -0.170. The number of benzene rings is 1. The van der Waals surface area contributed by atoms with Crippen molar-refractivity contribution < 1.29 is 18.3 Å². The van der Waals surface area contributed by atoms with Gasteiger partial charge in [-0.3, -0.25) is 4.79 Å². The highest BCUT2D eigenvalue weighted by atomic mass is 32.2. The van der Waals surface area contributed by atoms with Crippen LogP contribution in [0, 0.1) is 0 Å². The molecule has 3 N–H and O–H groups in total. The molecule has 116 valence electrons. The third-order valence-electron chi connectivity index (χ3n) is 3.45. The first-order chi connectivity index (χ1) is 10.00. The van der Waals surface area contributed by atoms with Crippen LogP contribution in [0.15, 0.2) is 30.3 Å². The number of carbonyl (C=O) groups is 1. The summed E-state index contributed by atoms with van der Waals surface area (Å²) in [6.45, 7) is 0.175. The summed E-state index contributed by atoms with van der Waals surface area (Å²) in [5, 5.41) is 15.2. The number of nitrogens with one attached hydrogen (secondary N) is 2. The van der Waals surface area contributed by atoms with E-state index in [9.17, 15) is 18.3 Å². The van der Waals surface area contributed by atoms with Gasteiger partial charge >= 0.3 is 0 Å². The molecule has 0 spiro atoms. The quantitative estimate of drug-likeness (QED) is 0.688. The minimum Gasteiger partial charge on any atom is -0.394 e. The van der Waals surface area contributed by atoms with E-state index in [4.69, 9.17) is 0 Å². The Balaban J connectivity index is 1.91. The number of hydrogen-bond acceptors (Lipinski definition) is 5. The number of aliphatic hydroxyl groups is 1. The Labute approximate surface area is 124 Å². The summed E-state index contributed by atoms with van der Waals surface area (Å²) >= 11 is 0. The lowest BCUT2D eigenvalue weighted by Crippen LogP contribution is -2.47. The monoisotopic (exact) mass is 312 g/mol. The fourth-order valence-electron chi connectivity index (χ4n) is 2.40. The van der Waals surface area contributed by atoms with Gasteiger partial charge in [-0.25, -0.2) is 8.42 Å². The van der Waals surface area contributed by atoms with Gasteiger partial charge in [-0.1, -0.05) is 30.3 Å². The van der Waals surface area contributed by atoms with E-state index < -0.39 is 15.9 Å². The lowest BCUT2D eigenvalue weighted by atomic mass is 10.1. The fourth-order valence-corrected chi connectivity index (χ4v) is 3.84. The highest BCUT2D eigenvalue weighted by Crippen LogP contribution is 2.12. The van der Waals surface area contributed by atoms with E-state index in [0.717, 1.165) is 5.56 Å². The van der Waals surface area contributed by atoms with Crippen LogP contribution in [-0.2, 0) is 14.6 Å². The van der Waals surface area contributed by atoms with Crippen LogP contribution in [0.3, 0.4) is 0 Å². The van der Waals surface area contributed by atoms with Gasteiger partial charge in [0.25, 0.3) is 0 Å². The Morgan fingerprint density at radius 2 is 2.10 bits per heavy atom. The second-order valence-electron chi connectivity index (χ2n) is 5.18. The largest absolute Gasteiger partial charge is 0.394 e. The number of amides is 1. The van der Waals surface area contributed by atoms with E-state index in [0.29, 0.717) is 6.54 Å². The molecule has 1 saturated heterocycles. The van der Waals surface area contributed by atoms with Gasteiger partial charge in [0, 0.05) is 19.0 Å². The van der Waals surface area contributed by atoms with Gasteiger partial charge in [0.1, 0.15) is 0 Å². The van der Waals surface area contributed by atoms with Crippen LogP contribution in [0.5, 0.6) is 0 Å². The van der Waals surface area contributed by atoms with Crippen molar-refractivity contribution in [3.8, 4) is 0 Å².